The normalized spacial score (nSPS) is 11.2. The first-order chi connectivity index (χ1) is 8.79. The Balaban J connectivity index is 2.19. The maximum Gasteiger partial charge on any atom is 0.103 e. The van der Waals surface area contributed by atoms with Crippen LogP contribution >= 0.6 is 0 Å². The standard InChI is InChI=1S/C14H16N4/c1-9-17-13(8-15-2)14(18-9)11-7-16-12-6-4-3-5-10(11)12/h3-7,15-16H,8H2,1-2H3,(H,17,18). The molecule has 0 atom stereocenters. The third kappa shape index (κ3) is 1.71. The molecule has 0 saturated heterocycles. The van der Waals surface area contributed by atoms with Gasteiger partial charge >= 0.3 is 0 Å². The number of aromatic amines is 2. The number of rotatable bonds is 3. The molecule has 3 rings (SSSR count). The monoisotopic (exact) mass is 240 g/mol. The summed E-state index contributed by atoms with van der Waals surface area (Å²) >= 11 is 0. The number of fused-ring (bicyclic) bond motifs is 1. The van der Waals surface area contributed by atoms with E-state index in [2.05, 4.69) is 38.5 Å². The number of hydrogen-bond donors (Lipinski definition) is 3. The van der Waals surface area contributed by atoms with E-state index >= 15 is 0 Å². The Labute approximate surface area is 105 Å². The van der Waals surface area contributed by atoms with E-state index in [1.807, 2.05) is 26.2 Å². The fourth-order valence-corrected chi connectivity index (χ4v) is 2.34. The van der Waals surface area contributed by atoms with Gasteiger partial charge in [-0.2, -0.15) is 0 Å². The predicted molar refractivity (Wildman–Crippen MR) is 73.4 cm³/mol. The van der Waals surface area contributed by atoms with E-state index in [0.717, 1.165) is 34.8 Å². The molecule has 0 saturated carbocycles. The van der Waals surface area contributed by atoms with E-state index in [9.17, 15) is 0 Å². The number of hydrogen-bond acceptors (Lipinski definition) is 2. The molecular formula is C14H16N4. The van der Waals surface area contributed by atoms with Crippen molar-refractivity contribution < 1.29 is 0 Å². The second kappa shape index (κ2) is 4.31. The molecule has 0 fully saturated rings. The molecule has 0 spiro atoms. The second-order valence-corrected chi connectivity index (χ2v) is 4.43. The summed E-state index contributed by atoms with van der Waals surface area (Å²) in [5, 5.41) is 4.38. The summed E-state index contributed by atoms with van der Waals surface area (Å²) in [5.41, 5.74) is 4.45. The number of aromatic nitrogens is 3. The molecule has 0 unspecified atom stereocenters. The third-order valence-electron chi connectivity index (χ3n) is 3.10. The van der Waals surface area contributed by atoms with Crippen molar-refractivity contribution >= 4 is 10.9 Å². The van der Waals surface area contributed by atoms with Crippen LogP contribution in [0.15, 0.2) is 30.5 Å². The van der Waals surface area contributed by atoms with Gasteiger partial charge in [0.15, 0.2) is 0 Å². The van der Waals surface area contributed by atoms with Crippen molar-refractivity contribution in [2.45, 2.75) is 13.5 Å². The van der Waals surface area contributed by atoms with Crippen molar-refractivity contribution in [2.75, 3.05) is 7.05 Å². The predicted octanol–water partition coefficient (Wildman–Crippen LogP) is 2.59. The Bertz CT molecular complexity index is 678. The zero-order valence-electron chi connectivity index (χ0n) is 10.5. The van der Waals surface area contributed by atoms with Crippen molar-refractivity contribution in [2.24, 2.45) is 0 Å². The van der Waals surface area contributed by atoms with Crippen LogP contribution in [0, 0.1) is 6.92 Å². The van der Waals surface area contributed by atoms with Gasteiger partial charge in [0.2, 0.25) is 0 Å². The molecular weight excluding hydrogens is 224 g/mol. The van der Waals surface area contributed by atoms with E-state index < -0.39 is 0 Å². The molecule has 0 amide bonds. The lowest BCUT2D eigenvalue weighted by molar-refractivity contribution is 0.796. The Hall–Kier alpha value is -2.07. The van der Waals surface area contributed by atoms with Crippen LogP contribution in [0.5, 0.6) is 0 Å². The molecule has 0 aliphatic carbocycles. The molecule has 0 aliphatic rings. The van der Waals surface area contributed by atoms with E-state index in [4.69, 9.17) is 0 Å². The lowest BCUT2D eigenvalue weighted by Gasteiger charge is -2.00. The van der Waals surface area contributed by atoms with Crippen LogP contribution in [-0.2, 0) is 6.54 Å². The van der Waals surface area contributed by atoms with Crippen LogP contribution in [0.2, 0.25) is 0 Å². The molecule has 2 heterocycles. The number of imidazole rings is 1. The average Bonchev–Trinajstić information content (AvgIpc) is 2.93. The highest BCUT2D eigenvalue weighted by molar-refractivity contribution is 5.95. The zero-order chi connectivity index (χ0) is 12.5. The van der Waals surface area contributed by atoms with Gasteiger partial charge < -0.3 is 15.3 Å². The Morgan fingerprint density at radius 1 is 1.28 bits per heavy atom. The minimum atomic E-state index is 0.787. The lowest BCUT2D eigenvalue weighted by Crippen LogP contribution is -2.06. The van der Waals surface area contributed by atoms with Gasteiger partial charge in [-0.05, 0) is 20.0 Å². The molecule has 18 heavy (non-hydrogen) atoms. The summed E-state index contributed by atoms with van der Waals surface area (Å²) in [5.74, 6) is 0.945. The Morgan fingerprint density at radius 3 is 2.94 bits per heavy atom. The van der Waals surface area contributed by atoms with E-state index in [0.29, 0.717) is 0 Å². The number of H-pyrrole nitrogens is 2. The van der Waals surface area contributed by atoms with E-state index in [-0.39, 0.29) is 0 Å². The number of para-hydroxylation sites is 1. The number of nitrogens with one attached hydrogen (secondary N) is 3. The first-order valence-corrected chi connectivity index (χ1v) is 6.06. The smallest absolute Gasteiger partial charge is 0.103 e. The quantitative estimate of drug-likeness (QED) is 0.659. The molecule has 0 radical (unpaired) electrons. The summed E-state index contributed by atoms with van der Waals surface area (Å²) in [4.78, 5) is 11.2. The molecule has 0 aliphatic heterocycles. The molecule has 3 aromatic rings. The van der Waals surface area contributed by atoms with Crippen LogP contribution < -0.4 is 5.32 Å². The molecule has 4 heteroatoms. The first-order valence-electron chi connectivity index (χ1n) is 6.06. The highest BCUT2D eigenvalue weighted by Gasteiger charge is 2.13. The summed E-state index contributed by atoms with van der Waals surface area (Å²) in [6, 6.07) is 8.29. The first kappa shape index (κ1) is 11.0. The van der Waals surface area contributed by atoms with Gasteiger partial charge in [-0.1, -0.05) is 18.2 Å². The number of aryl methyl sites for hydroxylation is 1. The SMILES string of the molecule is CNCc1[nH]c(C)nc1-c1c[nH]c2ccccc12. The van der Waals surface area contributed by atoms with E-state index in [1.54, 1.807) is 0 Å². The maximum absolute atomic E-state index is 4.61. The maximum atomic E-state index is 4.61. The van der Waals surface area contributed by atoms with E-state index in [1.165, 1.54) is 5.39 Å². The lowest BCUT2D eigenvalue weighted by atomic mass is 10.1. The van der Waals surface area contributed by atoms with Crippen molar-refractivity contribution in [1.82, 2.24) is 20.3 Å². The van der Waals surface area contributed by atoms with Crippen LogP contribution in [0.1, 0.15) is 11.5 Å². The van der Waals surface area contributed by atoms with Crippen LogP contribution in [0.4, 0.5) is 0 Å². The minimum absolute atomic E-state index is 0.787. The zero-order valence-corrected chi connectivity index (χ0v) is 10.5. The summed E-state index contributed by atoms with van der Waals surface area (Å²) in [7, 11) is 1.94. The van der Waals surface area contributed by atoms with Crippen LogP contribution in [0.25, 0.3) is 22.2 Å². The van der Waals surface area contributed by atoms with Gasteiger partial charge in [-0.15, -0.1) is 0 Å². The third-order valence-corrected chi connectivity index (χ3v) is 3.10. The molecule has 1 aromatic carbocycles. The van der Waals surface area contributed by atoms with Crippen LogP contribution in [0.3, 0.4) is 0 Å². The van der Waals surface area contributed by atoms with Crippen molar-refractivity contribution in [3.8, 4) is 11.3 Å². The van der Waals surface area contributed by atoms with Crippen LogP contribution in [-0.4, -0.2) is 22.0 Å². The minimum Gasteiger partial charge on any atom is -0.360 e. The number of nitrogens with zero attached hydrogens (tertiary/aromatic N) is 1. The van der Waals surface area contributed by atoms with Gasteiger partial charge in [-0.25, -0.2) is 4.98 Å². The van der Waals surface area contributed by atoms with Crippen molar-refractivity contribution in [3.05, 3.63) is 42.0 Å². The van der Waals surface area contributed by atoms with Crippen molar-refractivity contribution in [1.29, 1.82) is 0 Å². The summed E-state index contributed by atoms with van der Waals surface area (Å²) in [6.45, 7) is 2.77. The second-order valence-electron chi connectivity index (χ2n) is 4.43. The topological polar surface area (TPSA) is 56.5 Å². The molecule has 2 aromatic heterocycles. The Morgan fingerprint density at radius 2 is 2.11 bits per heavy atom. The molecule has 92 valence electrons. The summed E-state index contributed by atoms with van der Waals surface area (Å²) < 4.78 is 0. The van der Waals surface area contributed by atoms with Gasteiger partial charge in [0, 0.05) is 29.2 Å². The average molecular weight is 240 g/mol. The molecule has 3 N–H and O–H groups in total. The van der Waals surface area contributed by atoms with Gasteiger partial charge in [0.05, 0.1) is 11.4 Å². The van der Waals surface area contributed by atoms with Gasteiger partial charge in [0.25, 0.3) is 0 Å². The number of benzene rings is 1. The van der Waals surface area contributed by atoms with Crippen molar-refractivity contribution in [3.63, 3.8) is 0 Å². The molecule has 4 nitrogen and oxygen atoms in total. The fraction of sp³-hybridized carbons (Fsp3) is 0.214. The van der Waals surface area contributed by atoms with Gasteiger partial charge in [0.1, 0.15) is 5.82 Å². The largest absolute Gasteiger partial charge is 0.360 e. The highest BCUT2D eigenvalue weighted by Crippen LogP contribution is 2.29. The highest BCUT2D eigenvalue weighted by atomic mass is 15.0. The van der Waals surface area contributed by atoms with Gasteiger partial charge in [-0.3, -0.25) is 0 Å². The Kier molecular flexibility index (Phi) is 2.64. The summed E-state index contributed by atoms with van der Waals surface area (Å²) in [6.07, 6.45) is 2.03. The molecule has 0 bridgehead atoms. The fourth-order valence-electron chi connectivity index (χ4n) is 2.34.